The van der Waals surface area contributed by atoms with E-state index in [0.29, 0.717) is 42.2 Å². The van der Waals surface area contributed by atoms with Crippen molar-refractivity contribution in [2.24, 2.45) is 4.40 Å². The third-order valence-electron chi connectivity index (χ3n) is 5.44. The predicted molar refractivity (Wildman–Crippen MR) is 119 cm³/mol. The van der Waals surface area contributed by atoms with Gasteiger partial charge in [-0.05, 0) is 49.2 Å². The van der Waals surface area contributed by atoms with Crippen LogP contribution in [-0.4, -0.2) is 51.1 Å². The van der Waals surface area contributed by atoms with Crippen LogP contribution in [0.1, 0.15) is 36.0 Å². The van der Waals surface area contributed by atoms with Crippen molar-refractivity contribution < 1.29 is 18.0 Å². The summed E-state index contributed by atoms with van der Waals surface area (Å²) >= 11 is 0. The molecule has 0 bridgehead atoms. The molecule has 2 amide bonds. The Labute approximate surface area is 181 Å². The van der Waals surface area contributed by atoms with Gasteiger partial charge in [0, 0.05) is 49.9 Å². The highest BCUT2D eigenvalue weighted by molar-refractivity contribution is 7.90. The second-order valence-corrected chi connectivity index (χ2v) is 9.29. The lowest BCUT2D eigenvalue weighted by Crippen LogP contribution is -2.24. The van der Waals surface area contributed by atoms with Gasteiger partial charge >= 0.3 is 0 Å². The number of amides is 2. The van der Waals surface area contributed by atoms with Crippen LogP contribution in [0.5, 0.6) is 0 Å². The fourth-order valence-corrected chi connectivity index (χ4v) is 4.91. The monoisotopic (exact) mass is 440 g/mol. The second-order valence-electron chi connectivity index (χ2n) is 7.69. The molecule has 8 nitrogen and oxygen atoms in total. The molecule has 4 rings (SSSR count). The fourth-order valence-electron chi connectivity index (χ4n) is 3.77. The van der Waals surface area contributed by atoms with Crippen LogP contribution in [0.3, 0.4) is 0 Å². The Morgan fingerprint density at radius 2 is 1.81 bits per heavy atom. The number of benzene rings is 2. The largest absolute Gasteiger partial charge is 0.362 e. The van der Waals surface area contributed by atoms with Crippen LogP contribution < -0.4 is 10.2 Å². The first kappa shape index (κ1) is 21.0. The van der Waals surface area contributed by atoms with Gasteiger partial charge in [-0.2, -0.15) is 8.42 Å². The molecule has 31 heavy (non-hydrogen) atoms. The minimum absolute atomic E-state index is 0.0227. The lowest BCUT2D eigenvalue weighted by molar-refractivity contribution is -0.117. The summed E-state index contributed by atoms with van der Waals surface area (Å²) < 4.78 is 29.4. The van der Waals surface area contributed by atoms with Crippen molar-refractivity contribution in [2.45, 2.75) is 30.6 Å². The Kier molecular flexibility index (Phi) is 5.77. The number of carbonyl (C=O) groups is 2. The van der Waals surface area contributed by atoms with Gasteiger partial charge in [-0.15, -0.1) is 4.40 Å². The molecule has 2 aromatic rings. The van der Waals surface area contributed by atoms with E-state index in [1.807, 2.05) is 11.9 Å². The molecule has 0 atom stereocenters. The molecule has 2 aliphatic heterocycles. The first-order chi connectivity index (χ1) is 14.8. The van der Waals surface area contributed by atoms with Crippen LogP contribution in [0.2, 0.25) is 0 Å². The molecular formula is C22H24N4O4S. The van der Waals surface area contributed by atoms with Gasteiger partial charge in [0.1, 0.15) is 5.84 Å². The highest BCUT2D eigenvalue weighted by atomic mass is 32.2. The van der Waals surface area contributed by atoms with Crippen LogP contribution >= 0.6 is 0 Å². The Bertz CT molecular complexity index is 1160. The van der Waals surface area contributed by atoms with Crippen molar-refractivity contribution in [3.05, 3.63) is 54.1 Å². The molecule has 0 aromatic heterocycles. The number of anilines is 2. The number of nitrogens with one attached hydrogen (secondary N) is 1. The van der Waals surface area contributed by atoms with Gasteiger partial charge in [0.15, 0.2) is 0 Å². The highest BCUT2D eigenvalue weighted by Crippen LogP contribution is 2.24. The van der Waals surface area contributed by atoms with Gasteiger partial charge in [0.2, 0.25) is 5.91 Å². The van der Waals surface area contributed by atoms with Gasteiger partial charge in [0.05, 0.1) is 4.90 Å². The van der Waals surface area contributed by atoms with E-state index in [9.17, 15) is 18.0 Å². The molecule has 9 heteroatoms. The number of rotatable bonds is 5. The Balaban J connectivity index is 1.53. The van der Waals surface area contributed by atoms with E-state index in [1.54, 1.807) is 41.3 Å². The Hall–Kier alpha value is -3.20. The summed E-state index contributed by atoms with van der Waals surface area (Å²) in [5, 5.41) is 2.74. The number of likely N-dealkylation sites (tertiary alicyclic amines) is 1. The standard InChI is InChI=1S/C22H24N4O4S/c1-25-12-4-10-20(25)24-31(29,30)19-9-3-7-17(15-19)23-22(28)16-6-2-8-18(14-16)26-13-5-11-21(26)27/h2-3,6-9,14-15H,4-5,10-13H2,1H3,(H,23,28). The van der Waals surface area contributed by atoms with E-state index in [4.69, 9.17) is 0 Å². The summed E-state index contributed by atoms with van der Waals surface area (Å²) in [6.45, 7) is 1.42. The lowest BCUT2D eigenvalue weighted by atomic mass is 10.1. The summed E-state index contributed by atoms with van der Waals surface area (Å²) in [7, 11) is -2.05. The number of nitrogens with zero attached hydrogens (tertiary/aromatic N) is 3. The molecule has 2 fully saturated rings. The number of hydrogen-bond acceptors (Lipinski definition) is 4. The van der Waals surface area contributed by atoms with Crippen molar-refractivity contribution in [1.82, 2.24) is 4.90 Å². The molecule has 0 spiro atoms. The average molecular weight is 441 g/mol. The zero-order valence-corrected chi connectivity index (χ0v) is 18.1. The SMILES string of the molecule is CN1CCCC1=NS(=O)(=O)c1cccc(NC(=O)c2cccc(N3CCCC3=O)c2)c1. The van der Waals surface area contributed by atoms with E-state index >= 15 is 0 Å². The molecule has 0 unspecified atom stereocenters. The lowest BCUT2D eigenvalue weighted by Gasteiger charge is -2.16. The summed E-state index contributed by atoms with van der Waals surface area (Å²) in [6, 6.07) is 12.9. The second kappa shape index (κ2) is 8.50. The molecule has 162 valence electrons. The normalized spacial score (nSPS) is 18.1. The van der Waals surface area contributed by atoms with Gasteiger partial charge in [-0.25, -0.2) is 0 Å². The van der Waals surface area contributed by atoms with Gasteiger partial charge in [-0.1, -0.05) is 12.1 Å². The third-order valence-corrected chi connectivity index (χ3v) is 6.74. The van der Waals surface area contributed by atoms with Gasteiger partial charge in [-0.3, -0.25) is 9.59 Å². The summed E-state index contributed by atoms with van der Waals surface area (Å²) in [5.41, 5.74) is 1.43. The van der Waals surface area contributed by atoms with Crippen molar-refractivity contribution in [3.63, 3.8) is 0 Å². The number of hydrogen-bond donors (Lipinski definition) is 1. The minimum atomic E-state index is -3.87. The fraction of sp³-hybridized carbons (Fsp3) is 0.318. The number of sulfonamides is 1. The van der Waals surface area contributed by atoms with Crippen molar-refractivity contribution in [3.8, 4) is 0 Å². The van der Waals surface area contributed by atoms with E-state index in [2.05, 4.69) is 9.71 Å². The van der Waals surface area contributed by atoms with E-state index in [0.717, 1.165) is 19.4 Å². The first-order valence-corrected chi connectivity index (χ1v) is 11.6. The third kappa shape index (κ3) is 4.61. The number of amidine groups is 1. The maximum absolute atomic E-state index is 12.7. The van der Waals surface area contributed by atoms with Crippen LogP contribution in [0.25, 0.3) is 0 Å². The molecule has 2 heterocycles. The minimum Gasteiger partial charge on any atom is -0.362 e. The molecular weight excluding hydrogens is 416 g/mol. The van der Waals surface area contributed by atoms with Crippen molar-refractivity contribution >= 4 is 39.0 Å². The highest BCUT2D eigenvalue weighted by Gasteiger charge is 2.23. The maximum atomic E-state index is 12.7. The predicted octanol–water partition coefficient (Wildman–Crippen LogP) is 2.88. The summed E-state index contributed by atoms with van der Waals surface area (Å²) in [4.78, 5) is 28.3. The smallest absolute Gasteiger partial charge is 0.284 e. The quantitative estimate of drug-likeness (QED) is 0.771. The topological polar surface area (TPSA) is 99.2 Å². The Morgan fingerprint density at radius 1 is 1.03 bits per heavy atom. The summed E-state index contributed by atoms with van der Waals surface area (Å²) in [5.74, 6) is 0.206. The van der Waals surface area contributed by atoms with Crippen LogP contribution in [0.4, 0.5) is 11.4 Å². The zero-order chi connectivity index (χ0) is 22.0. The van der Waals surface area contributed by atoms with Gasteiger partial charge < -0.3 is 15.1 Å². The first-order valence-electron chi connectivity index (χ1n) is 10.2. The van der Waals surface area contributed by atoms with Crippen molar-refractivity contribution in [1.29, 1.82) is 0 Å². The molecule has 0 saturated carbocycles. The molecule has 2 aliphatic rings. The molecule has 2 saturated heterocycles. The van der Waals surface area contributed by atoms with E-state index in [-0.39, 0.29) is 16.7 Å². The van der Waals surface area contributed by atoms with E-state index in [1.165, 1.54) is 12.1 Å². The summed E-state index contributed by atoms with van der Waals surface area (Å²) in [6.07, 6.45) is 2.82. The molecule has 0 radical (unpaired) electrons. The Morgan fingerprint density at radius 3 is 2.52 bits per heavy atom. The molecule has 0 aliphatic carbocycles. The molecule has 2 aromatic carbocycles. The van der Waals surface area contributed by atoms with Gasteiger partial charge in [0.25, 0.3) is 15.9 Å². The maximum Gasteiger partial charge on any atom is 0.284 e. The van der Waals surface area contributed by atoms with E-state index < -0.39 is 10.0 Å². The van der Waals surface area contributed by atoms with Crippen LogP contribution in [0.15, 0.2) is 57.8 Å². The number of carbonyl (C=O) groups excluding carboxylic acids is 2. The van der Waals surface area contributed by atoms with Crippen LogP contribution in [-0.2, 0) is 14.8 Å². The molecule has 1 N–H and O–H groups in total. The zero-order valence-electron chi connectivity index (χ0n) is 17.2. The van der Waals surface area contributed by atoms with Crippen LogP contribution in [0, 0.1) is 0 Å². The average Bonchev–Trinajstić information content (AvgIpc) is 3.36. The van der Waals surface area contributed by atoms with Crippen molar-refractivity contribution in [2.75, 3.05) is 30.4 Å².